The molecule has 0 amide bonds. The molecule has 0 spiro atoms. The van der Waals surface area contributed by atoms with Crippen LogP contribution in [-0.2, 0) is 4.79 Å². The van der Waals surface area contributed by atoms with Gasteiger partial charge >= 0.3 is 0 Å². The van der Waals surface area contributed by atoms with Gasteiger partial charge in [-0.25, -0.2) is 0 Å². The third-order valence-corrected chi connectivity index (χ3v) is 2.33. The van der Waals surface area contributed by atoms with Crippen LogP contribution >= 0.6 is 43.5 Å². The van der Waals surface area contributed by atoms with E-state index >= 15 is 0 Å². The molecule has 0 aliphatic rings. The molecule has 0 radical (unpaired) electrons. The van der Waals surface area contributed by atoms with Gasteiger partial charge in [-0.1, -0.05) is 37.9 Å². The van der Waals surface area contributed by atoms with E-state index in [9.17, 15) is 4.79 Å². The Morgan fingerprint density at radius 3 is 2.23 bits per heavy atom. The summed E-state index contributed by atoms with van der Waals surface area (Å²) >= 11 is 11.8. The fourth-order valence-corrected chi connectivity index (χ4v) is 2.23. The Hall–Kier alpha value is -0.120. The molecule has 0 atom stereocenters. The molecule has 1 nitrogen and oxygen atoms in total. The van der Waals surface area contributed by atoms with Crippen LogP contribution in [0.25, 0.3) is 6.08 Å². The number of hydrogen-bond donors (Lipinski definition) is 0. The number of benzene rings is 1. The minimum atomic E-state index is -0.476. The van der Waals surface area contributed by atoms with Gasteiger partial charge in [-0.15, -0.1) is 0 Å². The summed E-state index contributed by atoms with van der Waals surface area (Å²) in [5.41, 5.74) is 0.912. The first-order chi connectivity index (χ1) is 6.08. The molecule has 68 valence electrons. The lowest BCUT2D eigenvalue weighted by Crippen LogP contribution is -1.77. The third-order valence-electron chi connectivity index (χ3n) is 1.29. The predicted octanol–water partition coefficient (Wildman–Crippen LogP) is 3.99. The first kappa shape index (κ1) is 11.0. The average molecular weight is 324 g/mol. The quantitative estimate of drug-likeness (QED) is 0.594. The molecule has 0 aromatic heterocycles. The minimum absolute atomic E-state index is 0.476. The maximum absolute atomic E-state index is 10.4. The number of carbonyl (C=O) groups excluding carboxylic acids is 1. The highest BCUT2D eigenvalue weighted by Crippen LogP contribution is 2.20. The van der Waals surface area contributed by atoms with Gasteiger partial charge in [0, 0.05) is 8.95 Å². The molecule has 0 bridgehead atoms. The third kappa shape index (κ3) is 4.07. The van der Waals surface area contributed by atoms with Gasteiger partial charge in [0.05, 0.1) is 0 Å². The van der Waals surface area contributed by atoms with E-state index in [4.69, 9.17) is 11.6 Å². The number of hydrogen-bond acceptors (Lipinski definition) is 1. The zero-order valence-electron chi connectivity index (χ0n) is 6.43. The fraction of sp³-hybridized carbons (Fsp3) is 0. The zero-order valence-corrected chi connectivity index (χ0v) is 10.4. The van der Waals surface area contributed by atoms with Gasteiger partial charge in [-0.3, -0.25) is 4.79 Å². The SMILES string of the molecule is O=C(Cl)C=Cc1cc(Br)cc(Br)c1. The van der Waals surface area contributed by atoms with Crippen LogP contribution in [0.2, 0.25) is 0 Å². The Balaban J connectivity index is 2.95. The summed E-state index contributed by atoms with van der Waals surface area (Å²) in [6.07, 6.45) is 2.97. The van der Waals surface area contributed by atoms with E-state index in [0.29, 0.717) is 0 Å². The summed E-state index contributed by atoms with van der Waals surface area (Å²) in [5.74, 6) is 0. The molecule has 0 heterocycles. The number of carbonyl (C=O) groups is 1. The summed E-state index contributed by atoms with van der Waals surface area (Å²) in [4.78, 5) is 10.4. The molecular weight excluding hydrogens is 319 g/mol. The van der Waals surface area contributed by atoms with Crippen LogP contribution in [0.1, 0.15) is 5.56 Å². The highest BCUT2D eigenvalue weighted by Gasteiger charge is 1.94. The summed E-state index contributed by atoms with van der Waals surface area (Å²) < 4.78 is 1.90. The van der Waals surface area contributed by atoms with Crippen molar-refractivity contribution in [3.05, 3.63) is 38.8 Å². The molecule has 0 aliphatic carbocycles. The monoisotopic (exact) mass is 322 g/mol. The van der Waals surface area contributed by atoms with Gasteiger partial charge in [0.15, 0.2) is 0 Å². The van der Waals surface area contributed by atoms with Crippen molar-refractivity contribution in [1.82, 2.24) is 0 Å². The normalized spacial score (nSPS) is 10.7. The van der Waals surface area contributed by atoms with Crippen molar-refractivity contribution in [1.29, 1.82) is 0 Å². The van der Waals surface area contributed by atoms with E-state index in [1.54, 1.807) is 6.08 Å². The Bertz CT molecular complexity index is 340. The van der Waals surface area contributed by atoms with Crippen LogP contribution in [0, 0.1) is 0 Å². The van der Waals surface area contributed by atoms with E-state index in [0.717, 1.165) is 14.5 Å². The topological polar surface area (TPSA) is 17.1 Å². The van der Waals surface area contributed by atoms with Gasteiger partial charge in [-0.2, -0.15) is 0 Å². The molecule has 0 aliphatic heterocycles. The lowest BCUT2D eigenvalue weighted by molar-refractivity contribution is -0.107. The second-order valence-electron chi connectivity index (χ2n) is 2.34. The Morgan fingerprint density at radius 1 is 1.23 bits per heavy atom. The van der Waals surface area contributed by atoms with Gasteiger partial charge in [0.2, 0.25) is 5.24 Å². The van der Waals surface area contributed by atoms with Crippen LogP contribution in [0.4, 0.5) is 0 Å². The molecule has 1 aromatic carbocycles. The molecule has 0 fully saturated rings. The van der Waals surface area contributed by atoms with E-state index in [-0.39, 0.29) is 0 Å². The van der Waals surface area contributed by atoms with Crippen molar-refractivity contribution in [3.8, 4) is 0 Å². The van der Waals surface area contributed by atoms with E-state index < -0.39 is 5.24 Å². The van der Waals surface area contributed by atoms with E-state index in [2.05, 4.69) is 31.9 Å². The van der Waals surface area contributed by atoms with E-state index in [1.807, 2.05) is 18.2 Å². The van der Waals surface area contributed by atoms with Gasteiger partial charge in [-0.05, 0) is 41.4 Å². The molecule has 13 heavy (non-hydrogen) atoms. The highest BCUT2D eigenvalue weighted by atomic mass is 79.9. The molecule has 1 aromatic rings. The largest absolute Gasteiger partial charge is 0.276 e. The molecule has 0 saturated carbocycles. The minimum Gasteiger partial charge on any atom is -0.276 e. The van der Waals surface area contributed by atoms with Crippen LogP contribution in [0.15, 0.2) is 33.2 Å². The fourth-order valence-electron chi connectivity index (χ4n) is 0.833. The summed E-state index contributed by atoms with van der Waals surface area (Å²) in [5, 5.41) is -0.476. The maximum Gasteiger partial charge on any atom is 0.245 e. The summed E-state index contributed by atoms with van der Waals surface area (Å²) in [6.45, 7) is 0. The number of allylic oxidation sites excluding steroid dienone is 1. The Labute approximate surface area is 98.0 Å². The van der Waals surface area contributed by atoms with Crippen molar-refractivity contribution in [2.45, 2.75) is 0 Å². The second kappa shape index (κ2) is 4.94. The molecule has 0 unspecified atom stereocenters. The van der Waals surface area contributed by atoms with E-state index in [1.165, 1.54) is 6.08 Å². The Kier molecular flexibility index (Phi) is 4.16. The standard InChI is InChI=1S/C9H5Br2ClO/c10-7-3-6(1-2-9(12)13)4-8(11)5-7/h1-5H. The zero-order chi connectivity index (χ0) is 9.84. The Morgan fingerprint density at radius 2 is 1.77 bits per heavy atom. The van der Waals surface area contributed by atoms with Crippen molar-refractivity contribution in [3.63, 3.8) is 0 Å². The van der Waals surface area contributed by atoms with Gasteiger partial charge in [0.1, 0.15) is 0 Å². The van der Waals surface area contributed by atoms with Crippen molar-refractivity contribution in [2.75, 3.05) is 0 Å². The first-order valence-corrected chi connectivity index (χ1v) is 5.38. The van der Waals surface area contributed by atoms with Gasteiger partial charge in [0.25, 0.3) is 0 Å². The lowest BCUT2D eigenvalue weighted by atomic mass is 10.2. The smallest absolute Gasteiger partial charge is 0.245 e. The summed E-state index contributed by atoms with van der Waals surface area (Å²) in [6, 6.07) is 5.70. The van der Waals surface area contributed by atoms with Crippen molar-refractivity contribution in [2.24, 2.45) is 0 Å². The van der Waals surface area contributed by atoms with Crippen molar-refractivity contribution >= 4 is 54.8 Å². The van der Waals surface area contributed by atoms with Crippen LogP contribution < -0.4 is 0 Å². The van der Waals surface area contributed by atoms with Crippen LogP contribution in [0.5, 0.6) is 0 Å². The second-order valence-corrected chi connectivity index (χ2v) is 4.54. The first-order valence-electron chi connectivity index (χ1n) is 3.41. The molecule has 0 N–H and O–H groups in total. The maximum atomic E-state index is 10.4. The van der Waals surface area contributed by atoms with Crippen molar-refractivity contribution < 1.29 is 4.79 Å². The molecule has 1 rings (SSSR count). The molecule has 4 heteroatoms. The average Bonchev–Trinajstić information content (AvgIpc) is 1.99. The molecule has 0 saturated heterocycles. The number of halogens is 3. The molecular formula is C9H5Br2ClO. The number of rotatable bonds is 2. The highest BCUT2D eigenvalue weighted by molar-refractivity contribution is 9.11. The van der Waals surface area contributed by atoms with Crippen LogP contribution in [0.3, 0.4) is 0 Å². The summed E-state index contributed by atoms with van der Waals surface area (Å²) in [7, 11) is 0. The predicted molar refractivity (Wildman–Crippen MR) is 61.7 cm³/mol. The van der Waals surface area contributed by atoms with Crippen LogP contribution in [-0.4, -0.2) is 5.24 Å². The van der Waals surface area contributed by atoms with Gasteiger partial charge < -0.3 is 0 Å². The lowest BCUT2D eigenvalue weighted by Gasteiger charge is -1.96.